The molecular formula is C17H19Cl2N3O2. The second-order valence-electron chi connectivity index (χ2n) is 5.87. The van der Waals surface area contributed by atoms with Crippen LogP contribution in [0.1, 0.15) is 11.7 Å². The molecule has 2 aromatic carbocycles. The minimum atomic E-state index is -0.606. The molecule has 2 aromatic rings. The third-order valence-corrected chi connectivity index (χ3v) is 5.08. The van der Waals surface area contributed by atoms with E-state index in [4.69, 9.17) is 23.4 Å². The molecule has 2 aliphatic rings. The van der Waals surface area contributed by atoms with Crippen LogP contribution < -0.4 is 9.80 Å². The van der Waals surface area contributed by atoms with Crippen LogP contribution >= 0.6 is 23.4 Å². The fourth-order valence-electron chi connectivity index (χ4n) is 3.39. The summed E-state index contributed by atoms with van der Waals surface area (Å²) in [6, 6.07) is 15.6. The van der Waals surface area contributed by atoms with Gasteiger partial charge in [-0.25, -0.2) is 0 Å². The van der Waals surface area contributed by atoms with Gasteiger partial charge in [0.2, 0.25) is 0 Å². The number of para-hydroxylation sites is 2. The second kappa shape index (κ2) is 6.78. The predicted molar refractivity (Wildman–Crippen MR) is 97.5 cm³/mol. The minimum Gasteiger partial charge on any atom is -0.412 e. The van der Waals surface area contributed by atoms with Gasteiger partial charge in [-0.2, -0.15) is 4.42 Å². The highest BCUT2D eigenvalue weighted by molar-refractivity contribution is 6.30. The number of hydrogen-bond donors (Lipinski definition) is 1. The molecule has 2 aliphatic heterocycles. The number of anilines is 2. The Morgan fingerprint density at radius 1 is 1.04 bits per heavy atom. The number of nitrogens with zero attached hydrogens (tertiary/aromatic N) is 3. The van der Waals surface area contributed by atoms with E-state index in [1.165, 1.54) is 5.69 Å². The lowest BCUT2D eigenvalue weighted by atomic mass is 10.1. The van der Waals surface area contributed by atoms with Gasteiger partial charge in [-0.1, -0.05) is 35.9 Å². The Kier molecular flexibility index (Phi) is 4.90. The molecule has 0 spiro atoms. The van der Waals surface area contributed by atoms with E-state index in [-0.39, 0.29) is 11.8 Å². The smallest absolute Gasteiger partial charge is 0.174 e. The first kappa shape index (κ1) is 17.3. The minimum absolute atomic E-state index is 0. The first-order valence-corrected chi connectivity index (χ1v) is 8.35. The first-order chi connectivity index (χ1) is 11.1. The van der Waals surface area contributed by atoms with Gasteiger partial charge in [-0.3, -0.25) is 0 Å². The van der Waals surface area contributed by atoms with E-state index in [0.717, 1.165) is 24.3 Å². The quantitative estimate of drug-likeness (QED) is 0.847. The van der Waals surface area contributed by atoms with E-state index >= 15 is 0 Å². The SMILES string of the molecule is O.OC(CN1c2ccccc2N2CCN(Cl)C21)c1ccc(Cl)cc1. The topological polar surface area (TPSA) is 61.5 Å². The molecule has 24 heavy (non-hydrogen) atoms. The Hall–Kier alpha value is -1.50. The van der Waals surface area contributed by atoms with Crippen LogP contribution in [0, 0.1) is 0 Å². The molecule has 1 fully saturated rings. The molecule has 1 saturated heterocycles. The lowest BCUT2D eigenvalue weighted by molar-refractivity contribution is 0.177. The molecule has 0 saturated carbocycles. The molecule has 0 bridgehead atoms. The summed E-state index contributed by atoms with van der Waals surface area (Å²) < 4.78 is 1.80. The van der Waals surface area contributed by atoms with E-state index < -0.39 is 6.10 Å². The van der Waals surface area contributed by atoms with Crippen LogP contribution in [0.3, 0.4) is 0 Å². The van der Waals surface area contributed by atoms with Gasteiger partial charge in [0.1, 0.15) is 0 Å². The van der Waals surface area contributed by atoms with Crippen LogP contribution in [-0.2, 0) is 0 Å². The van der Waals surface area contributed by atoms with Crippen LogP contribution in [0.2, 0.25) is 5.02 Å². The molecular weight excluding hydrogens is 349 g/mol. The van der Waals surface area contributed by atoms with Crippen LogP contribution in [0.5, 0.6) is 0 Å². The largest absolute Gasteiger partial charge is 0.412 e. The number of rotatable bonds is 3. The summed E-state index contributed by atoms with van der Waals surface area (Å²) in [5.41, 5.74) is 3.13. The Bertz CT molecular complexity index is 713. The van der Waals surface area contributed by atoms with Gasteiger partial charge in [0.25, 0.3) is 0 Å². The van der Waals surface area contributed by atoms with Crippen molar-refractivity contribution in [3.05, 3.63) is 59.1 Å². The molecule has 5 nitrogen and oxygen atoms in total. The van der Waals surface area contributed by atoms with E-state index in [0.29, 0.717) is 11.6 Å². The summed E-state index contributed by atoms with van der Waals surface area (Å²) in [6.07, 6.45) is -0.651. The number of benzene rings is 2. The molecule has 0 aliphatic carbocycles. The average molecular weight is 368 g/mol. The van der Waals surface area contributed by atoms with Crippen LogP contribution in [-0.4, -0.2) is 40.9 Å². The predicted octanol–water partition coefficient (Wildman–Crippen LogP) is 2.63. The monoisotopic (exact) mass is 367 g/mol. The summed E-state index contributed by atoms with van der Waals surface area (Å²) in [7, 11) is 0. The fourth-order valence-corrected chi connectivity index (χ4v) is 3.81. The standard InChI is InChI=1S/C17H17Cl2N3O.H2O/c18-13-7-5-12(6-8-13)16(23)11-21-15-4-2-1-3-14(15)20-9-10-22(19)17(20)21;/h1-8,16-17,23H,9-11H2;1H2. The summed E-state index contributed by atoms with van der Waals surface area (Å²) in [5, 5.41) is 11.3. The number of halogens is 2. The third-order valence-electron chi connectivity index (χ3n) is 4.49. The lowest BCUT2D eigenvalue weighted by Gasteiger charge is -2.31. The van der Waals surface area contributed by atoms with E-state index in [1.54, 1.807) is 16.6 Å². The molecule has 2 unspecified atom stereocenters. The van der Waals surface area contributed by atoms with Gasteiger partial charge >= 0.3 is 0 Å². The van der Waals surface area contributed by atoms with Crippen molar-refractivity contribution in [2.24, 2.45) is 0 Å². The van der Waals surface area contributed by atoms with Gasteiger partial charge in [0.15, 0.2) is 6.29 Å². The van der Waals surface area contributed by atoms with E-state index in [1.807, 2.05) is 24.3 Å². The highest BCUT2D eigenvalue weighted by Crippen LogP contribution is 2.43. The average Bonchev–Trinajstić information content (AvgIpc) is 3.08. The summed E-state index contributed by atoms with van der Waals surface area (Å²) in [4.78, 5) is 4.44. The number of aliphatic hydroxyl groups is 1. The third kappa shape index (κ3) is 2.83. The number of fused-ring (bicyclic) bond motifs is 3. The first-order valence-electron chi connectivity index (χ1n) is 7.63. The molecule has 0 radical (unpaired) electrons. The lowest BCUT2D eigenvalue weighted by Crippen LogP contribution is -2.46. The molecule has 2 atom stereocenters. The Morgan fingerprint density at radius 2 is 1.71 bits per heavy atom. The molecule has 4 rings (SSSR count). The van der Waals surface area contributed by atoms with Gasteiger partial charge in [-0.15, -0.1) is 0 Å². The Morgan fingerprint density at radius 3 is 2.42 bits per heavy atom. The highest BCUT2D eigenvalue weighted by Gasteiger charge is 2.43. The molecule has 3 N–H and O–H groups in total. The summed E-state index contributed by atoms with van der Waals surface area (Å²) >= 11 is 12.3. The van der Waals surface area contributed by atoms with Crippen molar-refractivity contribution in [1.82, 2.24) is 4.42 Å². The van der Waals surface area contributed by atoms with Gasteiger partial charge in [-0.05, 0) is 41.6 Å². The normalized spacial score (nSPS) is 20.5. The van der Waals surface area contributed by atoms with Crippen LogP contribution in [0.4, 0.5) is 11.4 Å². The molecule has 0 amide bonds. The van der Waals surface area contributed by atoms with Gasteiger partial charge in [0, 0.05) is 18.1 Å². The number of β-amino-alcohol motifs (C(OH)–C–C–N with tert-alkyl or cyclic N) is 1. The second-order valence-corrected chi connectivity index (χ2v) is 6.74. The van der Waals surface area contributed by atoms with Crippen molar-refractivity contribution >= 4 is 34.8 Å². The van der Waals surface area contributed by atoms with Crippen LogP contribution in [0.15, 0.2) is 48.5 Å². The molecule has 2 heterocycles. The van der Waals surface area contributed by atoms with Gasteiger partial charge < -0.3 is 20.4 Å². The summed E-state index contributed by atoms with van der Waals surface area (Å²) in [6.45, 7) is 2.16. The van der Waals surface area contributed by atoms with Crippen molar-refractivity contribution in [2.45, 2.75) is 12.4 Å². The zero-order valence-corrected chi connectivity index (χ0v) is 14.5. The Balaban J connectivity index is 0.00000169. The molecule has 128 valence electrons. The van der Waals surface area contributed by atoms with Crippen molar-refractivity contribution < 1.29 is 10.6 Å². The van der Waals surface area contributed by atoms with Gasteiger partial charge in [0.05, 0.1) is 24.0 Å². The maximum absolute atomic E-state index is 10.6. The number of hydrogen-bond acceptors (Lipinski definition) is 4. The fraction of sp³-hybridized carbons (Fsp3) is 0.294. The molecule has 7 heteroatoms. The molecule has 0 aromatic heterocycles. The summed E-state index contributed by atoms with van der Waals surface area (Å²) in [5.74, 6) is 0. The van der Waals surface area contributed by atoms with Crippen LogP contribution in [0.25, 0.3) is 0 Å². The zero-order chi connectivity index (χ0) is 16.0. The maximum Gasteiger partial charge on any atom is 0.174 e. The zero-order valence-electron chi connectivity index (χ0n) is 12.9. The van der Waals surface area contributed by atoms with Crippen molar-refractivity contribution in [2.75, 3.05) is 29.4 Å². The van der Waals surface area contributed by atoms with Crippen molar-refractivity contribution in [1.29, 1.82) is 0 Å². The maximum atomic E-state index is 10.6. The van der Waals surface area contributed by atoms with E-state index in [2.05, 4.69) is 21.9 Å². The van der Waals surface area contributed by atoms with E-state index in [9.17, 15) is 5.11 Å². The number of aliphatic hydroxyl groups excluding tert-OH is 1. The van der Waals surface area contributed by atoms with Crippen molar-refractivity contribution in [3.63, 3.8) is 0 Å². The Labute approximate surface area is 151 Å². The highest BCUT2D eigenvalue weighted by atomic mass is 35.5. The van der Waals surface area contributed by atoms with Crippen molar-refractivity contribution in [3.8, 4) is 0 Å².